The molecule has 10 nitrogen and oxygen atoms in total. The summed E-state index contributed by atoms with van der Waals surface area (Å²) in [6.45, 7) is 1.46. The van der Waals surface area contributed by atoms with Crippen LogP contribution in [0.3, 0.4) is 0 Å². The summed E-state index contributed by atoms with van der Waals surface area (Å²) in [5, 5.41) is 15.8. The second-order valence-corrected chi connectivity index (χ2v) is 7.47. The summed E-state index contributed by atoms with van der Waals surface area (Å²) in [5.41, 5.74) is 0.0384. The Kier molecular flexibility index (Phi) is 8.66. The highest BCUT2D eigenvalue weighted by molar-refractivity contribution is 6.11. The molecule has 3 N–H and O–H groups in total. The minimum Gasteiger partial charge on any atom is -0.476 e. The van der Waals surface area contributed by atoms with Crippen LogP contribution < -0.4 is 20.2 Å². The first-order valence-corrected chi connectivity index (χ1v) is 10.9. The highest BCUT2D eigenvalue weighted by Crippen LogP contribution is 2.20. The predicted molar refractivity (Wildman–Crippen MR) is 130 cm³/mol. The second-order valence-electron chi connectivity index (χ2n) is 7.47. The minimum absolute atomic E-state index is 0.0482. The molecule has 0 aromatic heterocycles. The zero-order valence-corrected chi connectivity index (χ0v) is 19.5. The van der Waals surface area contributed by atoms with E-state index in [0.717, 1.165) is 12.1 Å². The molecule has 11 heteroatoms. The summed E-state index contributed by atoms with van der Waals surface area (Å²) in [5.74, 6) is -3.64. The first kappa shape index (κ1) is 26.5. The maximum Gasteiger partial charge on any atom is 0.433 e. The standard InChI is InChI=1S/C26H22FN3O7/c1-2-22(31)26(24(33)34,37-21-6-4-3-5-7-21)29-23(32)18-10-8-17(9-11-18)16-28-30-25(35)36-20-14-12-19(27)13-15-20/h3-16H,2H2,1H3,(H,29,32)(H,30,35)(H,33,34)/b28-16+. The molecule has 1 atom stereocenters. The Bertz CT molecular complexity index is 1300. The van der Waals surface area contributed by atoms with Crippen molar-refractivity contribution in [1.29, 1.82) is 0 Å². The van der Waals surface area contributed by atoms with Crippen molar-refractivity contribution in [3.63, 3.8) is 0 Å². The van der Waals surface area contributed by atoms with Crippen LogP contribution in [-0.4, -0.2) is 40.8 Å². The maximum atomic E-state index is 12.9. The van der Waals surface area contributed by atoms with Gasteiger partial charge in [-0.05, 0) is 54.1 Å². The second kappa shape index (κ2) is 12.1. The van der Waals surface area contributed by atoms with Crippen LogP contribution in [0.5, 0.6) is 11.5 Å². The van der Waals surface area contributed by atoms with Crippen LogP contribution in [0.2, 0.25) is 0 Å². The van der Waals surface area contributed by atoms with E-state index in [4.69, 9.17) is 9.47 Å². The normalized spacial score (nSPS) is 12.3. The molecule has 0 bridgehead atoms. The van der Waals surface area contributed by atoms with Gasteiger partial charge in [-0.2, -0.15) is 5.10 Å². The first-order chi connectivity index (χ1) is 17.7. The largest absolute Gasteiger partial charge is 0.476 e. The predicted octanol–water partition coefficient (Wildman–Crippen LogP) is 3.52. The average Bonchev–Trinajstić information content (AvgIpc) is 2.90. The van der Waals surface area contributed by atoms with Gasteiger partial charge in [-0.3, -0.25) is 14.9 Å². The van der Waals surface area contributed by atoms with Gasteiger partial charge in [-0.1, -0.05) is 37.3 Å². The Balaban J connectivity index is 1.67. The SMILES string of the molecule is CCC(=O)C(NC(=O)c1ccc(/C=N/NC(=O)Oc2ccc(F)cc2)cc1)(Oc1ccccc1)C(=O)O. The van der Waals surface area contributed by atoms with Gasteiger partial charge in [0.1, 0.15) is 17.3 Å². The Morgan fingerprint density at radius 1 is 0.946 bits per heavy atom. The number of para-hydroxylation sites is 1. The number of hydrazone groups is 1. The van der Waals surface area contributed by atoms with Crippen LogP contribution in [-0.2, 0) is 9.59 Å². The van der Waals surface area contributed by atoms with Crippen molar-refractivity contribution in [3.8, 4) is 11.5 Å². The molecule has 0 heterocycles. The topological polar surface area (TPSA) is 143 Å². The van der Waals surface area contributed by atoms with Crippen LogP contribution in [0.25, 0.3) is 0 Å². The van der Waals surface area contributed by atoms with Crippen molar-refractivity contribution in [2.75, 3.05) is 0 Å². The Hall–Kier alpha value is -5.06. The van der Waals surface area contributed by atoms with E-state index in [0.29, 0.717) is 5.56 Å². The summed E-state index contributed by atoms with van der Waals surface area (Å²) in [4.78, 5) is 49.3. The monoisotopic (exact) mass is 507 g/mol. The fraction of sp³-hybridized carbons (Fsp3) is 0.115. The molecule has 0 fully saturated rings. The van der Waals surface area contributed by atoms with Crippen molar-refractivity contribution in [1.82, 2.24) is 10.7 Å². The number of hydrogen-bond acceptors (Lipinski definition) is 7. The molecular weight excluding hydrogens is 485 g/mol. The number of carbonyl (C=O) groups is 4. The van der Waals surface area contributed by atoms with E-state index in [1.165, 1.54) is 61.7 Å². The molecular formula is C26H22FN3O7. The molecule has 37 heavy (non-hydrogen) atoms. The number of Topliss-reactive ketones (excluding diaryl/α,β-unsaturated/α-hetero) is 1. The summed E-state index contributed by atoms with van der Waals surface area (Å²) in [6, 6.07) is 18.3. The van der Waals surface area contributed by atoms with Gasteiger partial charge >= 0.3 is 17.8 Å². The number of halogens is 1. The van der Waals surface area contributed by atoms with Gasteiger partial charge < -0.3 is 14.6 Å². The molecule has 3 aromatic carbocycles. The summed E-state index contributed by atoms with van der Waals surface area (Å²) in [6.07, 6.45) is 0.169. The third-order valence-corrected chi connectivity index (χ3v) is 4.89. The molecule has 0 aliphatic carbocycles. The molecule has 0 saturated heterocycles. The van der Waals surface area contributed by atoms with Crippen LogP contribution in [0.1, 0.15) is 29.3 Å². The highest BCUT2D eigenvalue weighted by atomic mass is 19.1. The van der Waals surface area contributed by atoms with Gasteiger partial charge in [0.2, 0.25) is 5.78 Å². The van der Waals surface area contributed by atoms with E-state index < -0.39 is 35.3 Å². The van der Waals surface area contributed by atoms with Crippen molar-refractivity contribution < 1.29 is 38.1 Å². The van der Waals surface area contributed by atoms with Gasteiger partial charge in [0.25, 0.3) is 5.91 Å². The summed E-state index contributed by atoms with van der Waals surface area (Å²) >= 11 is 0. The third kappa shape index (κ3) is 6.98. The lowest BCUT2D eigenvalue weighted by molar-refractivity contribution is -0.164. The zero-order chi connectivity index (χ0) is 26.8. The number of carboxylic acids is 1. The molecule has 0 saturated carbocycles. The number of nitrogens with one attached hydrogen (secondary N) is 2. The molecule has 0 spiro atoms. The fourth-order valence-electron chi connectivity index (χ4n) is 3.03. The van der Waals surface area contributed by atoms with E-state index in [1.807, 2.05) is 0 Å². The molecule has 0 aliphatic rings. The molecule has 1 unspecified atom stereocenters. The lowest BCUT2D eigenvalue weighted by Crippen LogP contribution is -2.64. The van der Waals surface area contributed by atoms with Gasteiger partial charge in [0.05, 0.1) is 6.21 Å². The minimum atomic E-state index is -2.62. The van der Waals surface area contributed by atoms with Crippen LogP contribution in [0, 0.1) is 5.82 Å². The van der Waals surface area contributed by atoms with Crippen molar-refractivity contribution >= 4 is 30.0 Å². The Morgan fingerprint density at radius 3 is 2.19 bits per heavy atom. The number of benzene rings is 3. The lowest BCUT2D eigenvalue weighted by atomic mass is 10.0. The number of carboxylic acid groups (broad SMARTS) is 1. The zero-order valence-electron chi connectivity index (χ0n) is 19.5. The van der Waals surface area contributed by atoms with E-state index in [2.05, 4.69) is 15.8 Å². The smallest absolute Gasteiger partial charge is 0.433 e. The van der Waals surface area contributed by atoms with E-state index >= 15 is 0 Å². The van der Waals surface area contributed by atoms with Crippen LogP contribution in [0.15, 0.2) is 84.0 Å². The number of aliphatic carboxylic acids is 1. The fourth-order valence-corrected chi connectivity index (χ4v) is 3.03. The number of nitrogens with zero attached hydrogens (tertiary/aromatic N) is 1. The number of carbonyl (C=O) groups excluding carboxylic acids is 3. The van der Waals surface area contributed by atoms with E-state index in [9.17, 15) is 28.7 Å². The summed E-state index contributed by atoms with van der Waals surface area (Å²) in [7, 11) is 0. The summed E-state index contributed by atoms with van der Waals surface area (Å²) < 4.78 is 23.3. The van der Waals surface area contributed by atoms with Crippen molar-refractivity contribution in [2.45, 2.75) is 19.1 Å². The molecule has 3 aromatic rings. The lowest BCUT2D eigenvalue weighted by Gasteiger charge is -2.29. The molecule has 190 valence electrons. The molecule has 2 amide bonds. The number of rotatable bonds is 10. The number of ketones is 1. The van der Waals surface area contributed by atoms with Gasteiger partial charge in [-0.15, -0.1) is 0 Å². The Morgan fingerprint density at radius 2 is 1.59 bits per heavy atom. The Labute approximate surface area is 210 Å². The van der Waals surface area contributed by atoms with Crippen molar-refractivity contribution in [3.05, 3.63) is 95.8 Å². The quantitative estimate of drug-likeness (QED) is 0.165. The van der Waals surface area contributed by atoms with Crippen molar-refractivity contribution in [2.24, 2.45) is 5.10 Å². The number of amides is 2. The van der Waals surface area contributed by atoms with Crippen LogP contribution >= 0.6 is 0 Å². The molecule has 3 rings (SSSR count). The van der Waals surface area contributed by atoms with Gasteiger partial charge in [0.15, 0.2) is 0 Å². The van der Waals surface area contributed by atoms with E-state index in [1.54, 1.807) is 18.2 Å². The van der Waals surface area contributed by atoms with Crippen LogP contribution in [0.4, 0.5) is 9.18 Å². The number of hydrogen-bond donors (Lipinski definition) is 3. The van der Waals surface area contributed by atoms with E-state index in [-0.39, 0.29) is 23.5 Å². The first-order valence-electron chi connectivity index (χ1n) is 10.9. The third-order valence-electron chi connectivity index (χ3n) is 4.89. The van der Waals surface area contributed by atoms with Gasteiger partial charge in [0, 0.05) is 12.0 Å². The molecule has 0 radical (unpaired) electrons. The maximum absolute atomic E-state index is 12.9. The van der Waals surface area contributed by atoms with Gasteiger partial charge in [-0.25, -0.2) is 19.4 Å². The average molecular weight is 507 g/mol. The number of ether oxygens (including phenoxy) is 2. The molecule has 0 aliphatic heterocycles. The highest BCUT2D eigenvalue weighted by Gasteiger charge is 2.49.